The lowest BCUT2D eigenvalue weighted by molar-refractivity contribution is 0.364. The lowest BCUT2D eigenvalue weighted by Crippen LogP contribution is -2.24. The van der Waals surface area contributed by atoms with Gasteiger partial charge in [-0.1, -0.05) is 6.92 Å². The Balaban J connectivity index is 2.17. The molecule has 16 heavy (non-hydrogen) atoms. The van der Waals surface area contributed by atoms with Gasteiger partial charge >= 0.3 is 0 Å². The number of nitrogens with zero attached hydrogens (tertiary/aromatic N) is 1. The number of ether oxygens (including phenoxy) is 1. The van der Waals surface area contributed by atoms with E-state index in [2.05, 4.69) is 23.3 Å². The molecule has 3 heteroatoms. The average Bonchev–Trinajstić information content (AvgIpc) is 3.14. The molecule has 88 valence electrons. The van der Waals surface area contributed by atoms with Crippen LogP contribution in [-0.4, -0.2) is 19.1 Å². The van der Waals surface area contributed by atoms with Crippen molar-refractivity contribution in [2.75, 3.05) is 14.2 Å². The number of hydrogen-bond donors (Lipinski definition) is 1. The van der Waals surface area contributed by atoms with Gasteiger partial charge in [-0.2, -0.15) is 0 Å². The van der Waals surface area contributed by atoms with Gasteiger partial charge in [0.25, 0.3) is 0 Å². The van der Waals surface area contributed by atoms with E-state index in [0.717, 1.165) is 11.7 Å². The highest BCUT2D eigenvalue weighted by Gasteiger charge is 2.33. The molecule has 1 N–H and O–H groups in total. The van der Waals surface area contributed by atoms with Crippen LogP contribution < -0.4 is 10.1 Å². The van der Waals surface area contributed by atoms with Gasteiger partial charge in [0.2, 0.25) is 0 Å². The highest BCUT2D eigenvalue weighted by molar-refractivity contribution is 5.26. The highest BCUT2D eigenvalue weighted by Crippen LogP contribution is 2.42. The monoisotopic (exact) mass is 220 g/mol. The van der Waals surface area contributed by atoms with E-state index in [1.54, 1.807) is 13.3 Å². The van der Waals surface area contributed by atoms with Crippen molar-refractivity contribution in [3.8, 4) is 5.75 Å². The van der Waals surface area contributed by atoms with Gasteiger partial charge in [-0.05, 0) is 43.4 Å². The maximum absolute atomic E-state index is 5.22. The van der Waals surface area contributed by atoms with Gasteiger partial charge in [0.1, 0.15) is 5.75 Å². The Labute approximate surface area is 97.2 Å². The van der Waals surface area contributed by atoms with E-state index in [9.17, 15) is 0 Å². The first kappa shape index (κ1) is 11.4. The molecule has 2 unspecified atom stereocenters. The molecule has 1 aliphatic rings. The van der Waals surface area contributed by atoms with Gasteiger partial charge < -0.3 is 10.1 Å². The van der Waals surface area contributed by atoms with Crippen LogP contribution in [-0.2, 0) is 0 Å². The van der Waals surface area contributed by atoms with Crippen LogP contribution in [0, 0.1) is 11.8 Å². The van der Waals surface area contributed by atoms with Crippen LogP contribution in [0.2, 0.25) is 0 Å². The van der Waals surface area contributed by atoms with Gasteiger partial charge in [-0.25, -0.2) is 0 Å². The summed E-state index contributed by atoms with van der Waals surface area (Å²) in [6.45, 7) is 2.32. The largest absolute Gasteiger partial charge is 0.495 e. The molecule has 0 bridgehead atoms. The quantitative estimate of drug-likeness (QED) is 0.827. The Morgan fingerprint density at radius 3 is 2.75 bits per heavy atom. The Kier molecular flexibility index (Phi) is 3.44. The number of methoxy groups -OCH3 is 1. The van der Waals surface area contributed by atoms with Gasteiger partial charge in [0.15, 0.2) is 0 Å². The number of pyridine rings is 1. The Hall–Kier alpha value is -1.09. The van der Waals surface area contributed by atoms with E-state index >= 15 is 0 Å². The molecule has 1 aromatic heterocycles. The van der Waals surface area contributed by atoms with E-state index in [4.69, 9.17) is 4.74 Å². The van der Waals surface area contributed by atoms with Crippen molar-refractivity contribution >= 4 is 0 Å². The molecule has 0 aliphatic heterocycles. The van der Waals surface area contributed by atoms with Crippen LogP contribution in [0.25, 0.3) is 0 Å². The molecule has 3 nitrogen and oxygen atoms in total. The summed E-state index contributed by atoms with van der Waals surface area (Å²) in [4.78, 5) is 4.22. The third-order valence-corrected chi connectivity index (χ3v) is 3.53. The van der Waals surface area contributed by atoms with E-state index in [0.29, 0.717) is 12.0 Å². The predicted molar refractivity (Wildman–Crippen MR) is 64.5 cm³/mol. The molecule has 1 aromatic rings. The molecule has 1 heterocycles. The number of aromatic nitrogens is 1. The molecular weight excluding hydrogens is 200 g/mol. The summed E-state index contributed by atoms with van der Waals surface area (Å²) >= 11 is 0. The van der Waals surface area contributed by atoms with E-state index in [1.165, 1.54) is 18.4 Å². The minimum atomic E-state index is 0.384. The van der Waals surface area contributed by atoms with E-state index < -0.39 is 0 Å². The summed E-state index contributed by atoms with van der Waals surface area (Å²) < 4.78 is 5.22. The molecule has 1 saturated carbocycles. The number of rotatable bonds is 5. The molecule has 0 saturated heterocycles. The zero-order valence-corrected chi connectivity index (χ0v) is 10.2. The molecule has 0 aromatic carbocycles. The van der Waals surface area contributed by atoms with Crippen LogP contribution in [0.4, 0.5) is 0 Å². The fourth-order valence-electron chi connectivity index (χ4n) is 2.34. The summed E-state index contributed by atoms with van der Waals surface area (Å²) in [5.74, 6) is 2.38. The lowest BCUT2D eigenvalue weighted by atomic mass is 9.91. The molecule has 1 aliphatic carbocycles. The fourth-order valence-corrected chi connectivity index (χ4v) is 2.34. The molecule has 0 radical (unpaired) electrons. The second-order valence-electron chi connectivity index (χ2n) is 4.62. The smallest absolute Gasteiger partial charge is 0.137 e. The molecule has 0 amide bonds. The second kappa shape index (κ2) is 4.83. The van der Waals surface area contributed by atoms with Gasteiger partial charge in [0, 0.05) is 12.2 Å². The van der Waals surface area contributed by atoms with Crippen LogP contribution in [0.5, 0.6) is 5.75 Å². The Morgan fingerprint density at radius 2 is 2.19 bits per heavy atom. The van der Waals surface area contributed by atoms with Crippen molar-refractivity contribution < 1.29 is 4.74 Å². The number of nitrogens with one attached hydrogen (secondary N) is 1. The standard InChI is InChI=1S/C13H20N2O/c1-9(10-4-5-10)13(14-2)11-6-12(16-3)8-15-7-11/h6-10,13-14H,4-5H2,1-3H3. The number of hydrogen-bond acceptors (Lipinski definition) is 3. The SMILES string of the molecule is CNC(c1cncc(OC)c1)C(C)C1CC1. The molecule has 1 fully saturated rings. The van der Waals surface area contributed by atoms with Crippen molar-refractivity contribution in [3.05, 3.63) is 24.0 Å². The summed E-state index contributed by atoms with van der Waals surface area (Å²) in [6, 6.07) is 2.46. The van der Waals surface area contributed by atoms with Crippen molar-refractivity contribution in [2.24, 2.45) is 11.8 Å². The Morgan fingerprint density at radius 1 is 1.44 bits per heavy atom. The van der Waals surface area contributed by atoms with Gasteiger partial charge in [-0.15, -0.1) is 0 Å². The second-order valence-corrected chi connectivity index (χ2v) is 4.62. The normalized spacial score (nSPS) is 19.2. The Bertz CT molecular complexity index is 350. The molecule has 2 rings (SSSR count). The average molecular weight is 220 g/mol. The van der Waals surface area contributed by atoms with Crippen LogP contribution in [0.15, 0.2) is 18.5 Å². The molecular formula is C13H20N2O. The minimum Gasteiger partial charge on any atom is -0.495 e. The summed E-state index contributed by atoms with van der Waals surface area (Å²) in [5.41, 5.74) is 1.22. The van der Waals surface area contributed by atoms with E-state index in [-0.39, 0.29) is 0 Å². The van der Waals surface area contributed by atoms with E-state index in [1.807, 2.05) is 13.2 Å². The topological polar surface area (TPSA) is 34.2 Å². The van der Waals surface area contributed by atoms with Crippen molar-refractivity contribution in [1.82, 2.24) is 10.3 Å². The minimum absolute atomic E-state index is 0.384. The summed E-state index contributed by atoms with van der Waals surface area (Å²) in [5, 5.41) is 3.40. The van der Waals surface area contributed by atoms with Crippen molar-refractivity contribution in [3.63, 3.8) is 0 Å². The van der Waals surface area contributed by atoms with Gasteiger partial charge in [0.05, 0.1) is 13.3 Å². The van der Waals surface area contributed by atoms with Crippen molar-refractivity contribution in [1.29, 1.82) is 0 Å². The molecule has 2 atom stereocenters. The van der Waals surface area contributed by atoms with Crippen LogP contribution in [0.3, 0.4) is 0 Å². The third-order valence-electron chi connectivity index (χ3n) is 3.53. The van der Waals surface area contributed by atoms with Crippen LogP contribution in [0.1, 0.15) is 31.4 Å². The first-order valence-electron chi connectivity index (χ1n) is 5.92. The first-order chi connectivity index (χ1) is 7.76. The molecule has 0 spiro atoms. The van der Waals surface area contributed by atoms with Crippen LogP contribution >= 0.6 is 0 Å². The zero-order valence-electron chi connectivity index (χ0n) is 10.2. The fraction of sp³-hybridized carbons (Fsp3) is 0.615. The van der Waals surface area contributed by atoms with Crippen molar-refractivity contribution in [2.45, 2.75) is 25.8 Å². The highest BCUT2D eigenvalue weighted by atomic mass is 16.5. The third kappa shape index (κ3) is 2.35. The van der Waals surface area contributed by atoms with Gasteiger partial charge in [-0.3, -0.25) is 4.98 Å². The summed E-state index contributed by atoms with van der Waals surface area (Å²) in [6.07, 6.45) is 6.42. The maximum Gasteiger partial charge on any atom is 0.137 e. The zero-order chi connectivity index (χ0) is 11.5. The summed E-state index contributed by atoms with van der Waals surface area (Å²) in [7, 11) is 3.70. The first-order valence-corrected chi connectivity index (χ1v) is 5.92. The lowest BCUT2D eigenvalue weighted by Gasteiger charge is -2.23. The maximum atomic E-state index is 5.22. The predicted octanol–water partition coefficient (Wildman–Crippen LogP) is 2.40.